The number of fused-ring (bicyclic) bond motifs is 1. The minimum Gasteiger partial charge on any atom is -0.326 e. The zero-order valence-corrected chi connectivity index (χ0v) is 18.7. The van der Waals surface area contributed by atoms with Crippen molar-refractivity contribution in [2.45, 2.75) is 33.8 Å². The van der Waals surface area contributed by atoms with E-state index in [0.717, 1.165) is 9.79 Å². The summed E-state index contributed by atoms with van der Waals surface area (Å²) in [6.45, 7) is 3.38. The highest BCUT2D eigenvalue weighted by molar-refractivity contribution is 8.01. The van der Waals surface area contributed by atoms with Gasteiger partial charge in [0, 0.05) is 21.4 Å². The number of rotatable bonds is 6. The molecule has 1 heterocycles. The van der Waals surface area contributed by atoms with Gasteiger partial charge in [-0.25, -0.2) is 8.42 Å². The van der Waals surface area contributed by atoms with E-state index in [0.29, 0.717) is 11.4 Å². The molecule has 1 aliphatic rings. The van der Waals surface area contributed by atoms with Crippen LogP contribution in [0.4, 0.5) is 11.4 Å². The van der Waals surface area contributed by atoms with Gasteiger partial charge in [0.05, 0.1) is 21.6 Å². The minimum atomic E-state index is -3.70. The summed E-state index contributed by atoms with van der Waals surface area (Å²) in [5.41, 5.74) is 1.12. The summed E-state index contributed by atoms with van der Waals surface area (Å²) in [5, 5.41) is 5.29. The fraction of sp³-hybridized carbons (Fsp3) is 0.300. The lowest BCUT2D eigenvalue weighted by atomic mass is 10.2. The van der Waals surface area contributed by atoms with Crippen LogP contribution in [0, 0.1) is 5.92 Å². The second-order valence-corrected chi connectivity index (χ2v) is 11.1. The van der Waals surface area contributed by atoms with Crippen LogP contribution < -0.4 is 10.6 Å². The minimum absolute atomic E-state index is 0.0933. The van der Waals surface area contributed by atoms with Gasteiger partial charge in [-0.15, -0.1) is 23.5 Å². The molecule has 0 saturated carbocycles. The average Bonchev–Trinajstić information content (AvgIpc) is 2.68. The molecule has 0 aliphatic carbocycles. The molecule has 154 valence electrons. The zero-order valence-electron chi connectivity index (χ0n) is 16.3. The van der Waals surface area contributed by atoms with Crippen molar-refractivity contribution in [1.29, 1.82) is 0 Å². The van der Waals surface area contributed by atoms with Crippen LogP contribution in [0.5, 0.6) is 0 Å². The van der Waals surface area contributed by atoms with Gasteiger partial charge in [0.25, 0.3) is 0 Å². The molecule has 2 atom stereocenters. The summed E-state index contributed by atoms with van der Waals surface area (Å²) < 4.78 is 25.7. The number of sulfone groups is 1. The summed E-state index contributed by atoms with van der Waals surface area (Å²) in [5.74, 6) is -1.57. The number of hydrogen-bond donors (Lipinski definition) is 2. The smallest absolute Gasteiger partial charge is 0.237 e. The summed E-state index contributed by atoms with van der Waals surface area (Å²) in [4.78, 5) is 26.3. The lowest BCUT2D eigenvalue weighted by Gasteiger charge is -2.22. The first-order valence-corrected chi connectivity index (χ1v) is 12.7. The molecule has 0 saturated heterocycles. The maximum atomic E-state index is 12.8. The normalized spacial score (nSPS) is 17.2. The molecule has 0 radical (unpaired) electrons. The molecule has 2 aromatic carbocycles. The number of amides is 2. The van der Waals surface area contributed by atoms with E-state index in [1.165, 1.54) is 23.9 Å². The third-order valence-corrected chi connectivity index (χ3v) is 8.31. The monoisotopic (exact) mass is 450 g/mol. The van der Waals surface area contributed by atoms with E-state index >= 15 is 0 Å². The van der Waals surface area contributed by atoms with Gasteiger partial charge >= 0.3 is 0 Å². The third kappa shape index (κ3) is 5.15. The number of carbonyl (C=O) groups excluding carboxylic acids is 2. The van der Waals surface area contributed by atoms with Gasteiger partial charge in [-0.1, -0.05) is 13.0 Å². The van der Waals surface area contributed by atoms with Gasteiger partial charge < -0.3 is 10.6 Å². The molecule has 29 heavy (non-hydrogen) atoms. The summed E-state index contributed by atoms with van der Waals surface area (Å²) in [6, 6.07) is 12.1. The SMILES string of the molecule is CSc1cccc(NC(=O)[C@@H](C)CS(=O)(=O)c2ccc3c(c2)NC(=O)[C@H](C)S3)c1. The Bertz CT molecular complexity index is 1050. The number of nitrogens with one attached hydrogen (secondary N) is 2. The van der Waals surface area contributed by atoms with E-state index in [1.807, 2.05) is 24.5 Å². The molecule has 2 amide bonds. The number of anilines is 2. The molecule has 3 rings (SSSR count). The van der Waals surface area contributed by atoms with Crippen molar-refractivity contribution < 1.29 is 18.0 Å². The maximum Gasteiger partial charge on any atom is 0.237 e. The van der Waals surface area contributed by atoms with Gasteiger partial charge in [-0.3, -0.25) is 9.59 Å². The second kappa shape index (κ2) is 8.81. The van der Waals surface area contributed by atoms with Crippen molar-refractivity contribution in [3.63, 3.8) is 0 Å². The fourth-order valence-electron chi connectivity index (χ4n) is 2.85. The number of benzene rings is 2. The van der Waals surface area contributed by atoms with Crippen LogP contribution in [0.25, 0.3) is 0 Å². The molecule has 1 aliphatic heterocycles. The molecule has 2 N–H and O–H groups in total. The highest BCUT2D eigenvalue weighted by atomic mass is 32.2. The predicted molar refractivity (Wildman–Crippen MR) is 118 cm³/mol. The Morgan fingerprint density at radius 1 is 1.28 bits per heavy atom. The molecule has 0 bridgehead atoms. The Kier molecular flexibility index (Phi) is 6.60. The average molecular weight is 451 g/mol. The van der Waals surface area contributed by atoms with E-state index in [-0.39, 0.29) is 27.7 Å². The highest BCUT2D eigenvalue weighted by Crippen LogP contribution is 2.37. The quantitative estimate of drug-likeness (QED) is 0.649. The fourth-order valence-corrected chi connectivity index (χ4v) is 5.81. The summed E-state index contributed by atoms with van der Waals surface area (Å²) in [7, 11) is -3.70. The molecule has 9 heteroatoms. The van der Waals surface area contributed by atoms with E-state index in [4.69, 9.17) is 0 Å². The van der Waals surface area contributed by atoms with E-state index in [1.54, 1.807) is 37.7 Å². The molecular weight excluding hydrogens is 428 g/mol. The van der Waals surface area contributed by atoms with E-state index < -0.39 is 15.8 Å². The highest BCUT2D eigenvalue weighted by Gasteiger charge is 2.27. The topological polar surface area (TPSA) is 92.3 Å². The van der Waals surface area contributed by atoms with Crippen LogP contribution in [0.1, 0.15) is 13.8 Å². The van der Waals surface area contributed by atoms with Crippen molar-refractivity contribution in [1.82, 2.24) is 0 Å². The molecule has 6 nitrogen and oxygen atoms in total. The van der Waals surface area contributed by atoms with Crippen LogP contribution in [0.3, 0.4) is 0 Å². The Balaban J connectivity index is 1.72. The van der Waals surface area contributed by atoms with Gasteiger partial charge in [-0.05, 0) is 49.6 Å². The zero-order chi connectivity index (χ0) is 21.2. The number of hydrogen-bond acceptors (Lipinski definition) is 6. The largest absolute Gasteiger partial charge is 0.326 e. The van der Waals surface area contributed by atoms with Gasteiger partial charge in [0.2, 0.25) is 11.8 Å². The van der Waals surface area contributed by atoms with E-state index in [9.17, 15) is 18.0 Å². The molecule has 2 aromatic rings. The van der Waals surface area contributed by atoms with Crippen LogP contribution in [0.2, 0.25) is 0 Å². The van der Waals surface area contributed by atoms with Crippen LogP contribution >= 0.6 is 23.5 Å². The third-order valence-electron chi connectivity index (χ3n) is 4.50. The molecule has 0 fully saturated rings. The predicted octanol–water partition coefficient (Wildman–Crippen LogP) is 3.89. The first kappa shape index (κ1) is 21.7. The Hall–Kier alpha value is -1.97. The standard InChI is InChI=1S/C20H22N2O4S3/c1-12(19(23)21-14-5-4-6-15(9-14)27-3)11-29(25,26)16-7-8-18-17(10-16)22-20(24)13(2)28-18/h4-10,12-13H,11H2,1-3H3,(H,21,23)(H,22,24)/t12-,13-/m0/s1. The van der Waals surface area contributed by atoms with Crippen molar-refractivity contribution in [3.05, 3.63) is 42.5 Å². The van der Waals surface area contributed by atoms with Gasteiger partial charge in [-0.2, -0.15) is 0 Å². The Morgan fingerprint density at radius 3 is 2.76 bits per heavy atom. The lowest BCUT2D eigenvalue weighted by molar-refractivity contribution is -0.119. The van der Waals surface area contributed by atoms with Crippen molar-refractivity contribution >= 4 is 56.6 Å². The molecule has 0 aromatic heterocycles. The lowest BCUT2D eigenvalue weighted by Crippen LogP contribution is -2.28. The van der Waals surface area contributed by atoms with Crippen molar-refractivity contribution in [3.8, 4) is 0 Å². The maximum absolute atomic E-state index is 12.8. The Labute approximate surface area is 179 Å². The molecular formula is C20H22N2O4S3. The van der Waals surface area contributed by atoms with Crippen LogP contribution in [-0.2, 0) is 19.4 Å². The first-order chi connectivity index (χ1) is 13.7. The number of carbonyl (C=O) groups is 2. The number of thioether (sulfide) groups is 2. The van der Waals surface area contributed by atoms with E-state index in [2.05, 4.69) is 10.6 Å². The molecule has 0 spiro atoms. The van der Waals surface area contributed by atoms with Crippen molar-refractivity contribution in [2.24, 2.45) is 5.92 Å². The second-order valence-electron chi connectivity index (χ2n) is 6.81. The van der Waals surface area contributed by atoms with Gasteiger partial charge in [0.1, 0.15) is 0 Å². The summed E-state index contributed by atoms with van der Waals surface area (Å²) >= 11 is 2.95. The van der Waals surface area contributed by atoms with Crippen LogP contribution in [-0.4, -0.2) is 37.5 Å². The molecule has 0 unspecified atom stereocenters. The summed E-state index contributed by atoms with van der Waals surface area (Å²) in [6.07, 6.45) is 1.94. The van der Waals surface area contributed by atoms with Crippen molar-refractivity contribution in [2.75, 3.05) is 22.6 Å². The van der Waals surface area contributed by atoms with Gasteiger partial charge in [0.15, 0.2) is 9.84 Å². The first-order valence-electron chi connectivity index (χ1n) is 8.99. The van der Waals surface area contributed by atoms with Crippen LogP contribution in [0.15, 0.2) is 57.2 Å². The Morgan fingerprint density at radius 2 is 2.03 bits per heavy atom.